The van der Waals surface area contributed by atoms with Crippen molar-refractivity contribution in [1.29, 1.82) is 0 Å². The van der Waals surface area contributed by atoms with E-state index in [1.165, 1.54) is 36.0 Å². The SMILES string of the molecule is CC(=O)OC(C/C=C(\C)[C@@H](C[C@@H]1O[C@@]1(C)COCc1ccccc1)O[Si](C)(C)C(C)(C)C)C1=CCC[C@]2(C)[C@@H]([C@H](C)CCCO[Si](C)(C)C(C)(C)C)CC[C@@]12C. The molecule has 1 aliphatic heterocycles. The van der Waals surface area contributed by atoms with Crippen molar-refractivity contribution in [1.82, 2.24) is 0 Å². The molecule has 1 heterocycles. The van der Waals surface area contributed by atoms with Gasteiger partial charge in [0, 0.05) is 26.4 Å². The van der Waals surface area contributed by atoms with Crippen LogP contribution in [0, 0.1) is 22.7 Å². The third kappa shape index (κ3) is 11.0. The molecule has 8 atom stereocenters. The minimum atomic E-state index is -2.12. The molecule has 8 heteroatoms. The lowest BCUT2D eigenvalue weighted by molar-refractivity contribution is -0.145. The number of ether oxygens (including phenoxy) is 3. The molecule has 1 saturated carbocycles. The summed E-state index contributed by atoms with van der Waals surface area (Å²) in [5.74, 6) is 1.03. The van der Waals surface area contributed by atoms with Gasteiger partial charge < -0.3 is 23.1 Å². The van der Waals surface area contributed by atoms with E-state index in [1.54, 1.807) is 6.92 Å². The van der Waals surface area contributed by atoms with Gasteiger partial charge in [0.05, 0.1) is 25.4 Å². The first-order chi connectivity index (χ1) is 25.8. The van der Waals surface area contributed by atoms with Crippen molar-refractivity contribution >= 4 is 22.6 Å². The van der Waals surface area contributed by atoms with E-state index in [9.17, 15) is 4.79 Å². The van der Waals surface area contributed by atoms with E-state index >= 15 is 0 Å². The highest BCUT2D eigenvalue weighted by Gasteiger charge is 2.59. The largest absolute Gasteiger partial charge is 0.458 e. The van der Waals surface area contributed by atoms with Crippen LogP contribution in [0.4, 0.5) is 0 Å². The molecule has 4 rings (SSSR count). The van der Waals surface area contributed by atoms with E-state index in [1.807, 2.05) is 18.2 Å². The monoisotopic (exact) mass is 811 g/mol. The molecule has 1 saturated heterocycles. The average Bonchev–Trinajstić information content (AvgIpc) is 3.62. The Morgan fingerprint density at radius 2 is 1.61 bits per heavy atom. The van der Waals surface area contributed by atoms with Crippen LogP contribution in [0.25, 0.3) is 0 Å². The molecule has 0 radical (unpaired) electrons. The van der Waals surface area contributed by atoms with Crippen molar-refractivity contribution in [2.45, 2.75) is 201 Å². The molecule has 2 aliphatic carbocycles. The van der Waals surface area contributed by atoms with Crippen LogP contribution in [0.3, 0.4) is 0 Å². The summed E-state index contributed by atoms with van der Waals surface area (Å²) in [6, 6.07) is 10.3. The zero-order valence-electron chi connectivity index (χ0n) is 38.7. The second kappa shape index (κ2) is 18.0. The Morgan fingerprint density at radius 3 is 2.21 bits per heavy atom. The van der Waals surface area contributed by atoms with Crippen LogP contribution in [0.15, 0.2) is 53.6 Å². The summed E-state index contributed by atoms with van der Waals surface area (Å²) in [6.45, 7) is 38.7. The van der Waals surface area contributed by atoms with Gasteiger partial charge in [-0.25, -0.2) is 0 Å². The van der Waals surface area contributed by atoms with Crippen molar-refractivity contribution in [3.05, 3.63) is 59.2 Å². The molecule has 6 nitrogen and oxygen atoms in total. The van der Waals surface area contributed by atoms with E-state index < -0.39 is 16.6 Å². The fraction of sp³-hybridized carbons (Fsp3) is 0.771. The fourth-order valence-corrected chi connectivity index (χ4v) is 11.7. The van der Waals surface area contributed by atoms with Crippen molar-refractivity contribution in [3.8, 4) is 0 Å². The smallest absolute Gasteiger partial charge is 0.303 e. The lowest BCUT2D eigenvalue weighted by Gasteiger charge is -2.51. The highest BCUT2D eigenvalue weighted by Crippen LogP contribution is 2.66. The van der Waals surface area contributed by atoms with Gasteiger partial charge in [-0.3, -0.25) is 4.79 Å². The van der Waals surface area contributed by atoms with Crippen molar-refractivity contribution < 1.29 is 27.9 Å². The van der Waals surface area contributed by atoms with Gasteiger partial charge in [0.2, 0.25) is 0 Å². The minimum absolute atomic E-state index is 0.0237. The Kier molecular flexibility index (Phi) is 15.1. The Balaban J connectivity index is 1.48. The number of hydrogen-bond donors (Lipinski definition) is 0. The molecule has 1 aromatic rings. The molecule has 0 bridgehead atoms. The van der Waals surface area contributed by atoms with E-state index in [0.717, 1.165) is 32.3 Å². The third-order valence-corrected chi connectivity index (χ3v) is 24.5. The number of carbonyl (C=O) groups excluding carboxylic acids is 1. The molecule has 0 spiro atoms. The summed E-state index contributed by atoms with van der Waals surface area (Å²) in [7, 11) is -3.86. The van der Waals surface area contributed by atoms with Crippen LogP contribution in [-0.2, 0) is 34.5 Å². The minimum Gasteiger partial charge on any atom is -0.458 e. The van der Waals surface area contributed by atoms with Crippen molar-refractivity contribution in [2.75, 3.05) is 13.2 Å². The van der Waals surface area contributed by atoms with Crippen molar-refractivity contribution in [2.24, 2.45) is 22.7 Å². The van der Waals surface area contributed by atoms with Gasteiger partial charge in [0.25, 0.3) is 0 Å². The summed E-state index contributed by atoms with van der Waals surface area (Å²) < 4.78 is 32.6. The predicted molar refractivity (Wildman–Crippen MR) is 238 cm³/mol. The maximum atomic E-state index is 12.8. The lowest BCUT2D eigenvalue weighted by atomic mass is 9.54. The first-order valence-electron chi connectivity index (χ1n) is 21.9. The quantitative estimate of drug-likeness (QED) is 0.0456. The second-order valence-corrected chi connectivity index (χ2v) is 31.2. The number of fused-ring (bicyclic) bond motifs is 1. The number of carbonyl (C=O) groups is 1. The number of allylic oxidation sites excluding steroid dienone is 1. The van der Waals surface area contributed by atoms with Gasteiger partial charge in [-0.15, -0.1) is 0 Å². The molecular formula is C48H82O6Si2. The number of rotatable bonds is 19. The topological polar surface area (TPSA) is 66.5 Å². The normalized spacial score (nSPS) is 29.0. The summed E-state index contributed by atoms with van der Waals surface area (Å²) in [5.41, 5.74) is 3.49. The van der Waals surface area contributed by atoms with Crippen LogP contribution in [0.5, 0.6) is 0 Å². The fourth-order valence-electron chi connectivity index (χ4n) is 9.27. The molecule has 0 amide bonds. The standard InChI is InChI=1S/C48H82O6Si2/c1-35(22-21-31-51-55(13,14)44(4,5)6)39-28-30-47(11)40(25-20-29-46(39,47)10)41(52-37(3)49)27-26-36(2)42(54-56(15,16)45(7,8)9)32-43-48(12,53-43)34-50-33-38-23-18-17-19-24-38/h17-19,23-26,35,39,41-43H,20-22,27-34H2,1-16H3/b36-26+/t35-,39-,41?,42-,43+,46-,47+,48+/m1/s1. The zero-order chi connectivity index (χ0) is 42.0. The Hall–Kier alpha value is -1.56. The van der Waals surface area contributed by atoms with E-state index in [-0.39, 0.29) is 50.8 Å². The first-order valence-corrected chi connectivity index (χ1v) is 27.7. The first kappa shape index (κ1) is 47.1. The van der Waals surface area contributed by atoms with Crippen molar-refractivity contribution in [3.63, 3.8) is 0 Å². The van der Waals surface area contributed by atoms with E-state index in [4.69, 9.17) is 23.1 Å². The average molecular weight is 811 g/mol. The van der Waals surface area contributed by atoms with Gasteiger partial charge in [0.1, 0.15) is 11.7 Å². The molecule has 2 fully saturated rings. The van der Waals surface area contributed by atoms with E-state index in [0.29, 0.717) is 31.5 Å². The van der Waals surface area contributed by atoms with Gasteiger partial charge in [-0.2, -0.15) is 0 Å². The van der Waals surface area contributed by atoms with Crippen LogP contribution in [0.1, 0.15) is 140 Å². The highest BCUT2D eigenvalue weighted by atomic mass is 28.4. The number of hydrogen-bond acceptors (Lipinski definition) is 6. The second-order valence-electron chi connectivity index (χ2n) is 21.6. The molecule has 318 valence electrons. The molecule has 1 aromatic carbocycles. The van der Waals surface area contributed by atoms with Gasteiger partial charge in [-0.05, 0) is 128 Å². The van der Waals surface area contributed by atoms with Crippen LogP contribution in [-0.4, -0.2) is 59.7 Å². The molecule has 0 aromatic heterocycles. The lowest BCUT2D eigenvalue weighted by Crippen LogP contribution is -2.45. The maximum Gasteiger partial charge on any atom is 0.303 e. The molecule has 0 N–H and O–H groups in total. The molecular weight excluding hydrogens is 729 g/mol. The summed E-state index contributed by atoms with van der Waals surface area (Å²) >= 11 is 0. The van der Waals surface area contributed by atoms with Crippen LogP contribution >= 0.6 is 0 Å². The molecule has 1 unspecified atom stereocenters. The summed E-state index contributed by atoms with van der Waals surface area (Å²) in [4.78, 5) is 12.8. The van der Waals surface area contributed by atoms with Gasteiger partial charge >= 0.3 is 5.97 Å². The Labute approximate surface area is 345 Å². The zero-order valence-corrected chi connectivity index (χ0v) is 40.7. The van der Waals surface area contributed by atoms with Gasteiger partial charge in [-0.1, -0.05) is 105 Å². The van der Waals surface area contributed by atoms with Crippen LogP contribution in [0.2, 0.25) is 36.3 Å². The number of epoxide rings is 1. The van der Waals surface area contributed by atoms with E-state index in [2.05, 4.69) is 127 Å². The summed E-state index contributed by atoms with van der Waals surface area (Å²) in [6.07, 6.45) is 12.7. The summed E-state index contributed by atoms with van der Waals surface area (Å²) in [5, 5.41) is 0.304. The Morgan fingerprint density at radius 1 is 0.964 bits per heavy atom. The Bertz CT molecular complexity index is 1520. The predicted octanol–water partition coefficient (Wildman–Crippen LogP) is 13.0. The highest BCUT2D eigenvalue weighted by molar-refractivity contribution is 6.74. The van der Waals surface area contributed by atoms with Gasteiger partial charge in [0.15, 0.2) is 16.6 Å². The molecule has 3 aliphatic rings. The molecule has 56 heavy (non-hydrogen) atoms. The van der Waals surface area contributed by atoms with Crippen LogP contribution < -0.4 is 0 Å². The number of benzene rings is 1. The maximum absolute atomic E-state index is 12.8. The number of esters is 1. The third-order valence-electron chi connectivity index (χ3n) is 15.5.